The molecule has 0 aliphatic heterocycles. The fourth-order valence-electron chi connectivity index (χ4n) is 0.500. The summed E-state index contributed by atoms with van der Waals surface area (Å²) >= 11 is -0.380. The third kappa shape index (κ3) is 18.2. The molecule has 0 aliphatic carbocycles. The number of hydrogen-bond donors (Lipinski definition) is 0. The van der Waals surface area contributed by atoms with Gasteiger partial charge in [-0.2, -0.15) is 0 Å². The molecule has 1 radical (unpaired) electrons. The average molecular weight is 236 g/mol. The maximum absolute atomic E-state index is 2.44. The molecule has 11 heavy (non-hydrogen) atoms. The van der Waals surface area contributed by atoms with Crippen molar-refractivity contribution in [1.29, 1.82) is 0 Å². The van der Waals surface area contributed by atoms with E-state index in [1.165, 1.54) is 31.4 Å². The van der Waals surface area contributed by atoms with E-state index in [2.05, 4.69) is 33.5 Å². The molecule has 0 aromatic rings. The van der Waals surface area contributed by atoms with Gasteiger partial charge in [-0.25, -0.2) is 0 Å². The predicted molar refractivity (Wildman–Crippen MR) is 62.0 cm³/mol. The van der Waals surface area contributed by atoms with Crippen LogP contribution in [0.25, 0.3) is 0 Å². The van der Waals surface area contributed by atoms with Gasteiger partial charge in [0.15, 0.2) is 0 Å². The normalized spacial score (nSPS) is 9.27. The van der Waals surface area contributed by atoms with E-state index in [4.69, 9.17) is 0 Å². The van der Waals surface area contributed by atoms with Crippen LogP contribution >= 0.6 is 8.58 Å². The second-order valence-electron chi connectivity index (χ2n) is 2.62. The van der Waals surface area contributed by atoms with Gasteiger partial charge in [-0.1, -0.05) is 13.8 Å². The van der Waals surface area contributed by atoms with E-state index in [1.807, 2.05) is 0 Å². The van der Waals surface area contributed by atoms with Crippen LogP contribution in [0.4, 0.5) is 0 Å². The summed E-state index contributed by atoms with van der Waals surface area (Å²) < 4.78 is 0. The molecule has 2 heteroatoms. The quantitative estimate of drug-likeness (QED) is 0.513. The van der Waals surface area contributed by atoms with Crippen LogP contribution in [0.5, 0.6) is 0 Å². The molecule has 0 aliphatic rings. The van der Waals surface area contributed by atoms with E-state index in [1.54, 1.807) is 0 Å². The van der Waals surface area contributed by atoms with Gasteiger partial charge in [0.25, 0.3) is 0 Å². The van der Waals surface area contributed by atoms with Crippen molar-refractivity contribution in [2.24, 2.45) is 0 Å². The van der Waals surface area contributed by atoms with Gasteiger partial charge in [0.2, 0.25) is 0 Å². The molecule has 0 N–H and O–H groups in total. The molecule has 0 saturated carbocycles. The van der Waals surface area contributed by atoms with Crippen LogP contribution < -0.4 is 0 Å². The van der Waals surface area contributed by atoms with Gasteiger partial charge in [0.05, 0.1) is 0 Å². The van der Waals surface area contributed by atoms with E-state index < -0.39 is 0 Å². The van der Waals surface area contributed by atoms with E-state index in [9.17, 15) is 0 Å². The third-order valence-electron chi connectivity index (χ3n) is 1.71. The first-order valence-electron chi connectivity index (χ1n) is 4.74. The second-order valence-corrected chi connectivity index (χ2v) is 11.5. The number of hydrogen-bond acceptors (Lipinski definition) is 0. The van der Waals surface area contributed by atoms with Gasteiger partial charge >= 0.3 is 44.5 Å². The fraction of sp³-hybridized carbons (Fsp3) is 1.00. The third-order valence-corrected chi connectivity index (χ3v) is 7.77. The molecule has 0 heterocycles. The predicted octanol–water partition coefficient (Wildman–Crippen LogP) is 3.86. The van der Waals surface area contributed by atoms with Crippen LogP contribution in [-0.4, -0.2) is 26.7 Å². The molecule has 0 unspecified atom stereocenters. The summed E-state index contributed by atoms with van der Waals surface area (Å²) in [6, 6.07) is 0. The maximum atomic E-state index is 2.44. The zero-order valence-electron chi connectivity index (χ0n) is 8.83. The standard InChI is InChI=1S/C5H13Ge.C4H11P/c1-4-6(3)5-2;1-3-5-4-2/h4-5H2,1-3H3;5H,3-4H2,1-2H3. The number of rotatable bonds is 4. The van der Waals surface area contributed by atoms with E-state index >= 15 is 0 Å². The Balaban J connectivity index is 0. The Morgan fingerprint density at radius 1 is 0.909 bits per heavy atom. The molecule has 0 aromatic heterocycles. The van der Waals surface area contributed by atoms with Crippen LogP contribution in [0.2, 0.25) is 16.3 Å². The summed E-state index contributed by atoms with van der Waals surface area (Å²) in [5.74, 6) is 2.44. The van der Waals surface area contributed by atoms with Crippen molar-refractivity contribution in [3.63, 3.8) is 0 Å². The minimum atomic E-state index is -0.380. The first-order chi connectivity index (χ1) is 5.22. The van der Waals surface area contributed by atoms with Crippen molar-refractivity contribution >= 4 is 22.9 Å². The summed E-state index contributed by atoms with van der Waals surface area (Å²) in [7, 11) is 1.20. The van der Waals surface area contributed by atoms with Crippen LogP contribution in [0.3, 0.4) is 0 Å². The molecule has 0 atom stereocenters. The van der Waals surface area contributed by atoms with Gasteiger partial charge in [-0.05, 0) is 12.3 Å². The van der Waals surface area contributed by atoms with Crippen molar-refractivity contribution < 1.29 is 0 Å². The summed E-state index contributed by atoms with van der Waals surface area (Å²) in [6.45, 7) is 9.06. The van der Waals surface area contributed by atoms with Gasteiger partial charge in [-0.3, -0.25) is 0 Å². The Kier molecular flexibility index (Phi) is 17.9. The van der Waals surface area contributed by atoms with Gasteiger partial charge in [0.1, 0.15) is 0 Å². The molecule has 0 spiro atoms. The summed E-state index contributed by atoms with van der Waals surface area (Å²) in [5.41, 5.74) is 0. The van der Waals surface area contributed by atoms with Crippen molar-refractivity contribution in [3.05, 3.63) is 0 Å². The van der Waals surface area contributed by atoms with Gasteiger partial charge in [-0.15, -0.1) is 8.58 Å². The first-order valence-corrected chi connectivity index (χ1v) is 11.2. The second kappa shape index (κ2) is 13.6. The first kappa shape index (κ1) is 14.5. The van der Waals surface area contributed by atoms with Gasteiger partial charge < -0.3 is 0 Å². The monoisotopic (exact) mass is 237 g/mol. The molecule has 69 valence electrons. The zero-order chi connectivity index (χ0) is 9.11. The molecule has 0 nitrogen and oxygen atoms in total. The molecule has 0 bridgehead atoms. The Labute approximate surface area is 79.4 Å². The van der Waals surface area contributed by atoms with E-state index in [0.717, 1.165) is 0 Å². The molecule has 0 fully saturated rings. The molecule has 0 aromatic carbocycles. The molecule has 0 saturated heterocycles. The Hall–Kier alpha value is 0.973. The van der Waals surface area contributed by atoms with Crippen molar-refractivity contribution in [3.8, 4) is 0 Å². The zero-order valence-corrected chi connectivity index (χ0v) is 11.9. The molecule has 0 amide bonds. The Morgan fingerprint density at radius 3 is 1.27 bits per heavy atom. The average Bonchev–Trinajstić information content (AvgIpc) is 2.06. The molecular weight excluding hydrogens is 212 g/mol. The fourth-order valence-corrected chi connectivity index (χ4v) is 2.05. The van der Waals surface area contributed by atoms with Gasteiger partial charge in [0, 0.05) is 0 Å². The minimum absolute atomic E-state index is 0.380. The van der Waals surface area contributed by atoms with Crippen LogP contribution in [0, 0.1) is 0 Å². The Morgan fingerprint density at radius 2 is 1.27 bits per heavy atom. The molecular formula is C9H24GeP. The van der Waals surface area contributed by atoms with E-state index in [0.29, 0.717) is 0 Å². The van der Waals surface area contributed by atoms with Crippen LogP contribution in [-0.2, 0) is 0 Å². The molecule has 0 rings (SSSR count). The van der Waals surface area contributed by atoms with Crippen molar-refractivity contribution in [2.75, 3.05) is 12.3 Å². The topological polar surface area (TPSA) is 0 Å². The van der Waals surface area contributed by atoms with Crippen molar-refractivity contribution in [1.82, 2.24) is 0 Å². The van der Waals surface area contributed by atoms with Crippen molar-refractivity contribution in [2.45, 2.75) is 44.0 Å². The Bertz CT molecular complexity index is 51.5. The summed E-state index contributed by atoms with van der Waals surface area (Å²) in [5, 5.41) is 2.99. The van der Waals surface area contributed by atoms with Crippen LogP contribution in [0.1, 0.15) is 27.7 Å². The summed E-state index contributed by atoms with van der Waals surface area (Å²) in [4.78, 5) is 0. The SMILES string of the molecule is CCPCC.C[CH2][Ge]([CH3])[CH2]C. The van der Waals surface area contributed by atoms with Crippen LogP contribution in [0.15, 0.2) is 0 Å². The van der Waals surface area contributed by atoms with E-state index in [-0.39, 0.29) is 14.3 Å². The summed E-state index contributed by atoms with van der Waals surface area (Å²) in [6.07, 6.45) is 2.74.